The fraction of sp³-hybridized carbons (Fsp3) is 0.500. The molecule has 1 N–H and O–H groups in total. The maximum atomic E-state index is 12.6. The van der Waals surface area contributed by atoms with Gasteiger partial charge in [0.2, 0.25) is 5.91 Å². The standard InChI is InChI=1S/C16H20BrNO5/c1-9(2)12-8-23-16(21)18(12)15(20)13(17)14(19)10-4-6-11(22-3)7-5-10/h4-7,9,12-14,19H,8H2,1-3H3/t12-,13+,14+/m1/s1. The Bertz CT molecular complexity index is 574. The zero-order chi connectivity index (χ0) is 17.1. The molecule has 126 valence electrons. The summed E-state index contributed by atoms with van der Waals surface area (Å²) in [6, 6.07) is 6.42. The van der Waals surface area contributed by atoms with Gasteiger partial charge in [-0.25, -0.2) is 9.69 Å². The molecule has 2 amide bonds. The highest BCUT2D eigenvalue weighted by atomic mass is 79.9. The summed E-state index contributed by atoms with van der Waals surface area (Å²) in [6.07, 6.45) is -1.75. The van der Waals surface area contributed by atoms with Crippen LogP contribution in [0.1, 0.15) is 25.5 Å². The average molecular weight is 386 g/mol. The second kappa shape index (κ2) is 7.31. The first kappa shape index (κ1) is 17.7. The Kier molecular flexibility index (Phi) is 5.64. The topological polar surface area (TPSA) is 76.1 Å². The minimum Gasteiger partial charge on any atom is -0.497 e. The van der Waals surface area contributed by atoms with Crippen molar-refractivity contribution in [1.82, 2.24) is 4.90 Å². The van der Waals surface area contributed by atoms with Crippen LogP contribution in [0.4, 0.5) is 4.79 Å². The van der Waals surface area contributed by atoms with E-state index in [1.807, 2.05) is 13.8 Å². The Hall–Kier alpha value is -1.60. The molecule has 1 aromatic carbocycles. The lowest BCUT2D eigenvalue weighted by Crippen LogP contribution is -2.46. The number of imide groups is 1. The molecule has 0 radical (unpaired) electrons. The molecule has 0 aliphatic carbocycles. The van der Waals surface area contributed by atoms with Crippen LogP contribution in [0, 0.1) is 5.92 Å². The molecule has 3 atom stereocenters. The summed E-state index contributed by atoms with van der Waals surface area (Å²) in [6.45, 7) is 4.01. The number of benzene rings is 1. The van der Waals surface area contributed by atoms with E-state index in [-0.39, 0.29) is 18.6 Å². The van der Waals surface area contributed by atoms with Crippen molar-refractivity contribution < 1.29 is 24.2 Å². The zero-order valence-electron chi connectivity index (χ0n) is 13.2. The molecular formula is C16H20BrNO5. The van der Waals surface area contributed by atoms with Crippen molar-refractivity contribution in [3.63, 3.8) is 0 Å². The number of cyclic esters (lactones) is 1. The molecule has 0 unspecified atom stereocenters. The van der Waals surface area contributed by atoms with Gasteiger partial charge in [0.05, 0.1) is 13.2 Å². The van der Waals surface area contributed by atoms with Crippen molar-refractivity contribution in [2.75, 3.05) is 13.7 Å². The van der Waals surface area contributed by atoms with E-state index >= 15 is 0 Å². The summed E-state index contributed by atoms with van der Waals surface area (Å²) in [7, 11) is 1.55. The van der Waals surface area contributed by atoms with Gasteiger partial charge in [0, 0.05) is 0 Å². The van der Waals surface area contributed by atoms with E-state index in [2.05, 4.69) is 15.9 Å². The van der Waals surface area contributed by atoms with Gasteiger partial charge in [0.25, 0.3) is 0 Å². The lowest BCUT2D eigenvalue weighted by Gasteiger charge is -2.26. The van der Waals surface area contributed by atoms with Gasteiger partial charge in [0.15, 0.2) is 0 Å². The predicted octanol–water partition coefficient (Wildman–Crippen LogP) is 2.50. The fourth-order valence-electron chi connectivity index (χ4n) is 2.42. The minimum absolute atomic E-state index is 0.0724. The lowest BCUT2D eigenvalue weighted by atomic mass is 10.0. The maximum absolute atomic E-state index is 12.6. The number of aliphatic hydroxyl groups excluding tert-OH is 1. The van der Waals surface area contributed by atoms with Crippen LogP contribution in [0.5, 0.6) is 5.75 Å². The Morgan fingerprint density at radius 1 is 1.39 bits per heavy atom. The number of halogens is 1. The van der Waals surface area contributed by atoms with E-state index in [1.54, 1.807) is 31.4 Å². The number of carbonyl (C=O) groups excluding carboxylic acids is 2. The quantitative estimate of drug-likeness (QED) is 0.787. The minimum atomic E-state index is -1.09. The number of alkyl halides is 1. The molecule has 1 aromatic rings. The van der Waals surface area contributed by atoms with Crippen LogP contribution in [0.25, 0.3) is 0 Å². The van der Waals surface area contributed by atoms with Crippen LogP contribution < -0.4 is 4.74 Å². The Morgan fingerprint density at radius 2 is 2.00 bits per heavy atom. The number of nitrogens with zero attached hydrogens (tertiary/aromatic N) is 1. The zero-order valence-corrected chi connectivity index (χ0v) is 14.8. The van der Waals surface area contributed by atoms with E-state index < -0.39 is 22.9 Å². The predicted molar refractivity (Wildman–Crippen MR) is 87.5 cm³/mol. The second-order valence-electron chi connectivity index (χ2n) is 5.72. The van der Waals surface area contributed by atoms with Gasteiger partial charge in [0.1, 0.15) is 23.3 Å². The van der Waals surface area contributed by atoms with Crippen molar-refractivity contribution in [3.05, 3.63) is 29.8 Å². The molecule has 1 aliphatic heterocycles. The number of methoxy groups -OCH3 is 1. The highest BCUT2D eigenvalue weighted by molar-refractivity contribution is 9.10. The molecule has 0 aromatic heterocycles. The van der Waals surface area contributed by atoms with E-state index in [9.17, 15) is 14.7 Å². The van der Waals surface area contributed by atoms with Gasteiger partial charge < -0.3 is 14.6 Å². The van der Waals surface area contributed by atoms with Gasteiger partial charge in [-0.3, -0.25) is 4.79 Å². The number of hydrogen-bond donors (Lipinski definition) is 1. The molecule has 2 rings (SSSR count). The number of hydrogen-bond acceptors (Lipinski definition) is 5. The van der Waals surface area contributed by atoms with Crippen LogP contribution in [-0.2, 0) is 9.53 Å². The summed E-state index contributed by atoms with van der Waals surface area (Å²) in [5.41, 5.74) is 0.551. The molecule has 0 spiro atoms. The van der Waals surface area contributed by atoms with E-state index in [0.717, 1.165) is 4.90 Å². The highest BCUT2D eigenvalue weighted by Gasteiger charge is 2.43. The van der Waals surface area contributed by atoms with Crippen molar-refractivity contribution in [3.8, 4) is 5.75 Å². The van der Waals surface area contributed by atoms with Crippen LogP contribution in [0.3, 0.4) is 0 Å². The summed E-state index contributed by atoms with van der Waals surface area (Å²) >= 11 is 3.21. The summed E-state index contributed by atoms with van der Waals surface area (Å²) in [5.74, 6) is 0.221. The molecule has 7 heteroatoms. The number of amides is 2. The third kappa shape index (κ3) is 3.67. The average Bonchev–Trinajstić information content (AvgIpc) is 2.94. The normalized spacial score (nSPS) is 20.3. The largest absolute Gasteiger partial charge is 0.497 e. The molecule has 0 bridgehead atoms. The number of carbonyl (C=O) groups is 2. The summed E-state index contributed by atoms with van der Waals surface area (Å²) < 4.78 is 10.0. The Balaban J connectivity index is 2.15. The second-order valence-corrected chi connectivity index (χ2v) is 6.70. The van der Waals surface area contributed by atoms with E-state index in [4.69, 9.17) is 9.47 Å². The monoisotopic (exact) mass is 385 g/mol. The van der Waals surface area contributed by atoms with Gasteiger partial charge >= 0.3 is 6.09 Å². The molecule has 1 heterocycles. The smallest absolute Gasteiger partial charge is 0.417 e. The Morgan fingerprint density at radius 3 is 2.52 bits per heavy atom. The van der Waals surface area contributed by atoms with Crippen molar-refractivity contribution in [2.45, 2.75) is 30.8 Å². The molecule has 6 nitrogen and oxygen atoms in total. The van der Waals surface area contributed by atoms with Crippen LogP contribution in [0.2, 0.25) is 0 Å². The van der Waals surface area contributed by atoms with Crippen molar-refractivity contribution >= 4 is 27.9 Å². The van der Waals surface area contributed by atoms with Crippen molar-refractivity contribution in [1.29, 1.82) is 0 Å². The lowest BCUT2D eigenvalue weighted by molar-refractivity contribution is -0.130. The maximum Gasteiger partial charge on any atom is 0.417 e. The first-order chi connectivity index (χ1) is 10.9. The highest BCUT2D eigenvalue weighted by Crippen LogP contribution is 2.29. The number of aliphatic hydroxyl groups is 1. The third-order valence-electron chi connectivity index (χ3n) is 3.88. The molecule has 0 saturated carbocycles. The van der Waals surface area contributed by atoms with E-state index in [0.29, 0.717) is 11.3 Å². The fourth-order valence-corrected chi connectivity index (χ4v) is 2.94. The van der Waals surface area contributed by atoms with Gasteiger partial charge in [-0.1, -0.05) is 41.9 Å². The number of rotatable bonds is 5. The molecular weight excluding hydrogens is 366 g/mol. The van der Waals surface area contributed by atoms with Gasteiger partial charge in [-0.2, -0.15) is 0 Å². The van der Waals surface area contributed by atoms with Gasteiger partial charge in [-0.15, -0.1) is 0 Å². The summed E-state index contributed by atoms with van der Waals surface area (Å²) in [5, 5.41) is 10.4. The van der Waals surface area contributed by atoms with Gasteiger partial charge in [-0.05, 0) is 23.6 Å². The van der Waals surface area contributed by atoms with E-state index in [1.165, 1.54) is 0 Å². The molecule has 1 aliphatic rings. The first-order valence-electron chi connectivity index (χ1n) is 7.32. The molecule has 23 heavy (non-hydrogen) atoms. The third-order valence-corrected chi connectivity index (χ3v) is 4.78. The Labute approximate surface area is 143 Å². The molecule has 1 fully saturated rings. The summed E-state index contributed by atoms with van der Waals surface area (Å²) in [4.78, 5) is 24.6. The number of ether oxygens (including phenoxy) is 2. The van der Waals surface area contributed by atoms with Crippen LogP contribution >= 0.6 is 15.9 Å². The first-order valence-corrected chi connectivity index (χ1v) is 8.24. The van der Waals surface area contributed by atoms with Crippen LogP contribution in [0.15, 0.2) is 24.3 Å². The molecule has 1 saturated heterocycles. The SMILES string of the molecule is COc1ccc([C@H](O)[C@H](Br)C(=O)N2C(=O)OC[C@@H]2C(C)C)cc1. The van der Waals surface area contributed by atoms with Crippen LogP contribution in [-0.4, -0.2) is 46.6 Å². The van der Waals surface area contributed by atoms with Crippen molar-refractivity contribution in [2.24, 2.45) is 5.92 Å².